The lowest BCUT2D eigenvalue weighted by molar-refractivity contribution is -0.121. The molecule has 1 aliphatic carbocycles. The molecule has 0 radical (unpaired) electrons. The van der Waals surface area contributed by atoms with E-state index in [0.717, 1.165) is 19.3 Å². The van der Waals surface area contributed by atoms with Gasteiger partial charge in [-0.25, -0.2) is 0 Å². The third kappa shape index (κ3) is 3.80. The summed E-state index contributed by atoms with van der Waals surface area (Å²) in [6, 6.07) is 11.6. The fourth-order valence-electron chi connectivity index (χ4n) is 2.95. The molecule has 1 aromatic heterocycles. The van der Waals surface area contributed by atoms with E-state index in [-0.39, 0.29) is 30.0 Å². The first-order valence-corrected chi connectivity index (χ1v) is 7.93. The lowest BCUT2D eigenvalue weighted by Gasteiger charge is -2.26. The minimum absolute atomic E-state index is 0.0496. The minimum atomic E-state index is -0.300. The van der Waals surface area contributed by atoms with Crippen LogP contribution in [-0.2, 0) is 11.2 Å². The Morgan fingerprint density at radius 1 is 1.17 bits per heavy atom. The maximum absolute atomic E-state index is 12.1. The lowest BCUT2D eigenvalue weighted by atomic mass is 9.88. The quantitative estimate of drug-likeness (QED) is 0.891. The molecule has 5 nitrogen and oxygen atoms in total. The number of aryl methyl sites for hydroxylation is 1. The van der Waals surface area contributed by atoms with Gasteiger partial charge >= 0.3 is 0 Å². The van der Waals surface area contributed by atoms with Gasteiger partial charge in [-0.3, -0.25) is 9.59 Å². The zero-order valence-corrected chi connectivity index (χ0v) is 12.9. The summed E-state index contributed by atoms with van der Waals surface area (Å²) < 4.78 is 5.00. The van der Waals surface area contributed by atoms with Crippen molar-refractivity contribution in [3.8, 4) is 0 Å². The van der Waals surface area contributed by atoms with Crippen LogP contribution in [-0.4, -0.2) is 18.4 Å². The first kappa shape index (κ1) is 15.3. The molecule has 0 saturated heterocycles. The number of hydrogen-bond donors (Lipinski definition) is 2. The number of rotatable bonds is 5. The number of benzene rings is 1. The second-order valence-electron chi connectivity index (χ2n) is 5.69. The summed E-state index contributed by atoms with van der Waals surface area (Å²) in [5.74, 6) is -0.0936. The summed E-state index contributed by atoms with van der Waals surface area (Å²) in [5, 5.41) is 5.75. The molecule has 0 aliphatic heterocycles. The van der Waals surface area contributed by atoms with Crippen LogP contribution < -0.4 is 10.6 Å². The van der Waals surface area contributed by atoms with Gasteiger partial charge in [0.1, 0.15) is 0 Å². The van der Waals surface area contributed by atoms with Crippen molar-refractivity contribution in [1.82, 2.24) is 10.6 Å². The van der Waals surface area contributed by atoms with Crippen molar-refractivity contribution in [2.75, 3.05) is 6.54 Å². The molecule has 0 unspecified atom stereocenters. The van der Waals surface area contributed by atoms with Crippen LogP contribution in [0.15, 0.2) is 47.1 Å². The van der Waals surface area contributed by atoms with Crippen LogP contribution in [0.2, 0.25) is 0 Å². The van der Waals surface area contributed by atoms with Crippen molar-refractivity contribution in [2.45, 2.75) is 31.7 Å². The van der Waals surface area contributed by atoms with Gasteiger partial charge in [0.05, 0.1) is 12.3 Å². The second kappa shape index (κ2) is 7.13. The fraction of sp³-hybridized carbons (Fsp3) is 0.333. The maximum atomic E-state index is 12.1. The molecule has 0 saturated carbocycles. The molecular weight excluding hydrogens is 292 g/mol. The number of carbonyl (C=O) groups is 2. The number of amides is 2. The molecule has 1 atom stereocenters. The van der Waals surface area contributed by atoms with Gasteiger partial charge in [-0.15, -0.1) is 0 Å². The summed E-state index contributed by atoms with van der Waals surface area (Å²) in [6.07, 6.45) is 4.81. The Morgan fingerprint density at radius 3 is 2.87 bits per heavy atom. The first-order valence-electron chi connectivity index (χ1n) is 7.93. The highest BCUT2D eigenvalue weighted by atomic mass is 16.3. The van der Waals surface area contributed by atoms with Gasteiger partial charge in [0.25, 0.3) is 5.91 Å². The van der Waals surface area contributed by atoms with Gasteiger partial charge < -0.3 is 15.1 Å². The second-order valence-corrected chi connectivity index (χ2v) is 5.69. The molecule has 120 valence electrons. The van der Waals surface area contributed by atoms with Crippen molar-refractivity contribution >= 4 is 11.8 Å². The highest BCUT2D eigenvalue weighted by Crippen LogP contribution is 2.29. The van der Waals surface area contributed by atoms with E-state index < -0.39 is 0 Å². The summed E-state index contributed by atoms with van der Waals surface area (Å²) in [4.78, 5) is 23.8. The van der Waals surface area contributed by atoms with Crippen LogP contribution in [0.4, 0.5) is 0 Å². The van der Waals surface area contributed by atoms with Crippen molar-refractivity contribution in [2.24, 2.45) is 0 Å². The first-order chi connectivity index (χ1) is 11.2. The molecule has 1 aliphatic rings. The van der Waals surface area contributed by atoms with Gasteiger partial charge in [0.2, 0.25) is 5.91 Å². The van der Waals surface area contributed by atoms with E-state index in [1.165, 1.54) is 17.4 Å². The number of nitrogens with one attached hydrogen (secondary N) is 2. The molecule has 2 amide bonds. The molecule has 2 N–H and O–H groups in total. The number of hydrogen-bond acceptors (Lipinski definition) is 3. The number of furan rings is 1. The van der Waals surface area contributed by atoms with Crippen molar-refractivity contribution in [3.63, 3.8) is 0 Å². The lowest BCUT2D eigenvalue weighted by Crippen LogP contribution is -2.34. The molecule has 0 spiro atoms. The monoisotopic (exact) mass is 312 g/mol. The maximum Gasteiger partial charge on any atom is 0.286 e. The summed E-state index contributed by atoms with van der Waals surface area (Å²) >= 11 is 0. The van der Waals surface area contributed by atoms with Gasteiger partial charge in [-0.05, 0) is 42.5 Å². The smallest absolute Gasteiger partial charge is 0.286 e. The van der Waals surface area contributed by atoms with Crippen LogP contribution >= 0.6 is 0 Å². The third-order valence-corrected chi connectivity index (χ3v) is 4.09. The van der Waals surface area contributed by atoms with Gasteiger partial charge in [0, 0.05) is 13.0 Å². The molecule has 5 heteroatoms. The number of fused-ring (bicyclic) bond motifs is 1. The van der Waals surface area contributed by atoms with E-state index in [1.807, 2.05) is 12.1 Å². The summed E-state index contributed by atoms with van der Waals surface area (Å²) in [6.45, 7) is 0.291. The average molecular weight is 312 g/mol. The van der Waals surface area contributed by atoms with Gasteiger partial charge in [0.15, 0.2) is 5.76 Å². The van der Waals surface area contributed by atoms with Gasteiger partial charge in [-0.1, -0.05) is 24.3 Å². The zero-order valence-electron chi connectivity index (χ0n) is 12.9. The van der Waals surface area contributed by atoms with Crippen LogP contribution in [0, 0.1) is 0 Å². The topological polar surface area (TPSA) is 71.3 Å². The standard InChI is InChI=1S/C18H20N2O3/c21-17(10-11-19-18(22)16-9-4-12-23-16)20-15-8-3-6-13-5-1-2-7-14(13)15/h1-2,4-5,7,9,12,15H,3,6,8,10-11H2,(H,19,22)(H,20,21)/t15-/m0/s1. The Hall–Kier alpha value is -2.56. The average Bonchev–Trinajstić information content (AvgIpc) is 3.10. The van der Waals surface area contributed by atoms with E-state index in [9.17, 15) is 9.59 Å². The van der Waals surface area contributed by atoms with Crippen molar-refractivity contribution in [1.29, 1.82) is 0 Å². The Bertz CT molecular complexity index is 679. The van der Waals surface area contributed by atoms with E-state index in [0.29, 0.717) is 6.54 Å². The molecule has 1 heterocycles. The van der Waals surface area contributed by atoms with E-state index in [1.54, 1.807) is 12.1 Å². The van der Waals surface area contributed by atoms with E-state index in [2.05, 4.69) is 22.8 Å². The highest BCUT2D eigenvalue weighted by molar-refractivity contribution is 5.91. The third-order valence-electron chi connectivity index (χ3n) is 4.09. The fourth-order valence-corrected chi connectivity index (χ4v) is 2.95. The predicted molar refractivity (Wildman–Crippen MR) is 85.9 cm³/mol. The Morgan fingerprint density at radius 2 is 2.04 bits per heavy atom. The van der Waals surface area contributed by atoms with Crippen molar-refractivity contribution < 1.29 is 14.0 Å². The molecule has 2 aromatic rings. The van der Waals surface area contributed by atoms with Gasteiger partial charge in [-0.2, -0.15) is 0 Å². The van der Waals surface area contributed by atoms with Crippen LogP contribution in [0.5, 0.6) is 0 Å². The van der Waals surface area contributed by atoms with E-state index in [4.69, 9.17) is 4.42 Å². The Balaban J connectivity index is 1.48. The van der Waals surface area contributed by atoms with Crippen LogP contribution in [0.1, 0.15) is 47.0 Å². The predicted octanol–water partition coefficient (Wildman–Crippen LogP) is 2.59. The molecule has 0 bridgehead atoms. The Labute approximate surface area is 135 Å². The largest absolute Gasteiger partial charge is 0.459 e. The molecule has 23 heavy (non-hydrogen) atoms. The molecule has 3 rings (SSSR count). The van der Waals surface area contributed by atoms with Crippen LogP contribution in [0.3, 0.4) is 0 Å². The zero-order chi connectivity index (χ0) is 16.1. The summed E-state index contributed by atoms with van der Waals surface area (Å²) in [7, 11) is 0. The molecule has 1 aromatic carbocycles. The molecule has 0 fully saturated rings. The van der Waals surface area contributed by atoms with Crippen molar-refractivity contribution in [3.05, 3.63) is 59.5 Å². The van der Waals surface area contributed by atoms with E-state index >= 15 is 0 Å². The molecular formula is C18H20N2O3. The Kier molecular flexibility index (Phi) is 4.76. The highest BCUT2D eigenvalue weighted by Gasteiger charge is 2.21. The minimum Gasteiger partial charge on any atom is -0.459 e. The normalized spacial score (nSPS) is 16.4. The number of carbonyl (C=O) groups excluding carboxylic acids is 2. The van der Waals surface area contributed by atoms with Crippen LogP contribution in [0.25, 0.3) is 0 Å². The SMILES string of the molecule is O=C(CCNC(=O)c1ccco1)N[C@H]1CCCc2ccccc21. The summed E-state index contributed by atoms with van der Waals surface area (Å²) in [5.41, 5.74) is 2.53.